The van der Waals surface area contributed by atoms with Crippen molar-refractivity contribution in [3.05, 3.63) is 0 Å². The highest BCUT2D eigenvalue weighted by atomic mass is 79.9. The Bertz CT molecular complexity index is 266. The Morgan fingerprint density at radius 3 is 2.71 bits per heavy atom. The lowest BCUT2D eigenvalue weighted by Gasteiger charge is -2.42. The van der Waals surface area contributed by atoms with Crippen LogP contribution >= 0.6 is 15.9 Å². The van der Waals surface area contributed by atoms with Crippen LogP contribution in [0.25, 0.3) is 0 Å². The van der Waals surface area contributed by atoms with E-state index in [1.54, 1.807) is 0 Å². The van der Waals surface area contributed by atoms with Gasteiger partial charge in [0.15, 0.2) is 0 Å². The summed E-state index contributed by atoms with van der Waals surface area (Å²) in [5, 5.41) is 0.782. The molecule has 1 unspecified atom stereocenters. The van der Waals surface area contributed by atoms with Gasteiger partial charge in [0.1, 0.15) is 0 Å². The second-order valence-corrected chi connectivity index (χ2v) is 6.51. The molecule has 0 bridgehead atoms. The highest BCUT2D eigenvalue weighted by Crippen LogP contribution is 2.23. The van der Waals surface area contributed by atoms with Crippen LogP contribution in [0.5, 0.6) is 0 Å². The van der Waals surface area contributed by atoms with E-state index in [2.05, 4.69) is 29.8 Å². The van der Waals surface area contributed by atoms with Crippen LogP contribution in [0.4, 0.5) is 0 Å². The Morgan fingerprint density at radius 1 is 1.53 bits per heavy atom. The first-order valence-corrected chi connectivity index (χ1v) is 7.48. The lowest BCUT2D eigenvalue weighted by Crippen LogP contribution is -2.55. The molecule has 0 radical (unpaired) electrons. The number of hydrogen-bond acceptors (Lipinski definition) is 2. The molecule has 1 saturated heterocycles. The second kappa shape index (κ2) is 6.19. The van der Waals surface area contributed by atoms with E-state index in [1.807, 2.05) is 18.7 Å². The van der Waals surface area contributed by atoms with Crippen molar-refractivity contribution in [1.82, 2.24) is 4.90 Å². The van der Waals surface area contributed by atoms with Gasteiger partial charge in [-0.15, -0.1) is 0 Å². The molecule has 1 rings (SSSR count). The number of hydrogen-bond donors (Lipinski definition) is 0. The van der Waals surface area contributed by atoms with Crippen LogP contribution in [0.3, 0.4) is 0 Å². The lowest BCUT2D eigenvalue weighted by molar-refractivity contribution is -0.157. The topological polar surface area (TPSA) is 29.5 Å². The fourth-order valence-corrected chi connectivity index (χ4v) is 2.47. The van der Waals surface area contributed by atoms with E-state index in [-0.39, 0.29) is 17.6 Å². The van der Waals surface area contributed by atoms with Gasteiger partial charge in [-0.05, 0) is 26.2 Å². The first-order chi connectivity index (χ1) is 7.84. The number of morpholine rings is 1. The van der Waals surface area contributed by atoms with E-state index in [0.29, 0.717) is 25.4 Å². The summed E-state index contributed by atoms with van der Waals surface area (Å²) in [5.74, 6) is 0.848. The molecule has 1 aliphatic heterocycles. The molecular weight excluding hydrogens is 282 g/mol. The average molecular weight is 306 g/mol. The minimum Gasteiger partial charge on any atom is -0.368 e. The van der Waals surface area contributed by atoms with Crippen LogP contribution in [0, 0.1) is 5.92 Å². The fourth-order valence-electron chi connectivity index (χ4n) is 2.14. The van der Waals surface area contributed by atoms with Crippen LogP contribution in [0.15, 0.2) is 0 Å². The van der Waals surface area contributed by atoms with Crippen LogP contribution < -0.4 is 0 Å². The molecule has 1 heterocycles. The molecule has 4 heteroatoms. The molecule has 0 spiro atoms. The maximum atomic E-state index is 12.1. The maximum Gasteiger partial charge on any atom is 0.222 e. The second-order valence-electron chi connectivity index (χ2n) is 5.86. The standard InChI is InChI=1S/C13H24BrNO2/c1-10(2)5-6-12(16)15-8-11(7-14)17-13(3,4)9-15/h10-11H,5-9H2,1-4H3. The third kappa shape index (κ3) is 4.96. The Balaban J connectivity index is 2.54. The summed E-state index contributed by atoms with van der Waals surface area (Å²) in [6.07, 6.45) is 1.74. The van der Waals surface area contributed by atoms with E-state index in [0.717, 1.165) is 11.8 Å². The number of carbonyl (C=O) groups is 1. The summed E-state index contributed by atoms with van der Waals surface area (Å²) in [6.45, 7) is 9.81. The van der Waals surface area contributed by atoms with Crippen LogP contribution in [-0.2, 0) is 9.53 Å². The molecule has 1 aliphatic rings. The number of halogens is 1. The van der Waals surface area contributed by atoms with E-state index in [9.17, 15) is 4.79 Å². The van der Waals surface area contributed by atoms with Crippen molar-refractivity contribution in [1.29, 1.82) is 0 Å². The van der Waals surface area contributed by atoms with Crippen LogP contribution in [-0.4, -0.2) is 40.9 Å². The van der Waals surface area contributed by atoms with E-state index < -0.39 is 0 Å². The van der Waals surface area contributed by atoms with Crippen LogP contribution in [0.1, 0.15) is 40.5 Å². The molecule has 0 saturated carbocycles. The lowest BCUT2D eigenvalue weighted by atomic mass is 10.0. The molecule has 17 heavy (non-hydrogen) atoms. The molecule has 0 aromatic carbocycles. The zero-order valence-electron chi connectivity index (χ0n) is 11.3. The largest absolute Gasteiger partial charge is 0.368 e. The summed E-state index contributed by atoms with van der Waals surface area (Å²) in [4.78, 5) is 14.1. The fraction of sp³-hybridized carbons (Fsp3) is 0.923. The normalized spacial score (nSPS) is 24.1. The van der Waals surface area contributed by atoms with Gasteiger partial charge in [0.25, 0.3) is 0 Å². The van der Waals surface area contributed by atoms with Gasteiger partial charge in [0.05, 0.1) is 11.7 Å². The van der Waals surface area contributed by atoms with Gasteiger partial charge in [-0.25, -0.2) is 0 Å². The summed E-state index contributed by atoms with van der Waals surface area (Å²) >= 11 is 3.44. The van der Waals surface area contributed by atoms with Crippen molar-refractivity contribution in [2.75, 3.05) is 18.4 Å². The summed E-state index contributed by atoms with van der Waals surface area (Å²) < 4.78 is 5.89. The smallest absolute Gasteiger partial charge is 0.222 e. The van der Waals surface area contributed by atoms with Gasteiger partial charge >= 0.3 is 0 Å². The van der Waals surface area contributed by atoms with Crippen molar-refractivity contribution in [3.63, 3.8) is 0 Å². The zero-order valence-corrected chi connectivity index (χ0v) is 12.9. The molecule has 3 nitrogen and oxygen atoms in total. The minimum atomic E-state index is -0.232. The van der Waals surface area contributed by atoms with Gasteiger partial charge < -0.3 is 9.64 Å². The number of amides is 1. The zero-order chi connectivity index (χ0) is 13.1. The SMILES string of the molecule is CC(C)CCC(=O)N1CC(CBr)OC(C)(C)C1. The first kappa shape index (κ1) is 15.0. The quantitative estimate of drug-likeness (QED) is 0.748. The van der Waals surface area contributed by atoms with Gasteiger partial charge in [0.2, 0.25) is 5.91 Å². The molecule has 1 fully saturated rings. The van der Waals surface area contributed by atoms with Gasteiger partial charge in [-0.3, -0.25) is 4.79 Å². The van der Waals surface area contributed by atoms with E-state index >= 15 is 0 Å². The molecule has 1 amide bonds. The number of alkyl halides is 1. The van der Waals surface area contributed by atoms with Crippen molar-refractivity contribution >= 4 is 21.8 Å². The number of nitrogens with zero attached hydrogens (tertiary/aromatic N) is 1. The third-order valence-corrected chi connectivity index (χ3v) is 3.66. The monoisotopic (exact) mass is 305 g/mol. The van der Waals surface area contributed by atoms with Gasteiger partial charge in [0, 0.05) is 24.8 Å². The number of rotatable bonds is 4. The molecule has 0 aliphatic carbocycles. The molecular formula is C13H24BrNO2. The maximum absolute atomic E-state index is 12.1. The first-order valence-electron chi connectivity index (χ1n) is 6.35. The van der Waals surface area contributed by atoms with Crippen LogP contribution in [0.2, 0.25) is 0 Å². The highest BCUT2D eigenvalue weighted by Gasteiger charge is 2.34. The summed E-state index contributed by atoms with van der Waals surface area (Å²) in [5.41, 5.74) is -0.232. The molecule has 0 N–H and O–H groups in total. The van der Waals surface area contributed by atoms with E-state index in [1.165, 1.54) is 0 Å². The van der Waals surface area contributed by atoms with Crippen molar-refractivity contribution in [2.45, 2.75) is 52.2 Å². The van der Waals surface area contributed by atoms with E-state index in [4.69, 9.17) is 4.74 Å². The summed E-state index contributed by atoms with van der Waals surface area (Å²) in [6, 6.07) is 0. The Kier molecular flexibility index (Phi) is 5.45. The predicted octanol–water partition coefficient (Wildman–Crippen LogP) is 2.82. The Hall–Kier alpha value is -0.0900. The summed E-state index contributed by atoms with van der Waals surface area (Å²) in [7, 11) is 0. The van der Waals surface area contributed by atoms with Gasteiger partial charge in [-0.1, -0.05) is 29.8 Å². The molecule has 100 valence electrons. The Morgan fingerprint density at radius 2 is 2.18 bits per heavy atom. The number of carbonyl (C=O) groups excluding carboxylic acids is 1. The molecule has 0 aromatic rings. The molecule has 1 atom stereocenters. The highest BCUT2D eigenvalue weighted by molar-refractivity contribution is 9.09. The predicted molar refractivity (Wildman–Crippen MR) is 73.4 cm³/mol. The minimum absolute atomic E-state index is 0.113. The van der Waals surface area contributed by atoms with Crippen molar-refractivity contribution < 1.29 is 9.53 Å². The molecule has 0 aromatic heterocycles. The van der Waals surface area contributed by atoms with Crippen molar-refractivity contribution in [2.24, 2.45) is 5.92 Å². The third-order valence-electron chi connectivity index (χ3n) is 2.94. The number of ether oxygens (including phenoxy) is 1. The average Bonchev–Trinajstić information content (AvgIpc) is 2.23. The van der Waals surface area contributed by atoms with Crippen molar-refractivity contribution in [3.8, 4) is 0 Å². The van der Waals surface area contributed by atoms with Gasteiger partial charge in [-0.2, -0.15) is 0 Å². The Labute approximate surface area is 113 Å².